The number of amides is 4. The van der Waals surface area contributed by atoms with Crippen LogP contribution in [0.2, 0.25) is 49.9 Å². The van der Waals surface area contributed by atoms with Crippen LogP contribution >= 0.6 is 0 Å². The predicted octanol–water partition coefficient (Wildman–Crippen LogP) is 14.6. The van der Waals surface area contributed by atoms with E-state index in [-0.39, 0.29) is 84.8 Å². The molecular weight excluding hydrogens is 1160 g/mol. The zero-order chi connectivity index (χ0) is 65.7. The number of fused-ring (bicyclic) bond motifs is 1. The molecule has 3 heterocycles. The summed E-state index contributed by atoms with van der Waals surface area (Å²) in [5.74, 6) is -4.37. The Labute approximate surface area is 529 Å². The summed E-state index contributed by atoms with van der Waals surface area (Å²) in [5.41, 5.74) is 2.77. The van der Waals surface area contributed by atoms with Gasteiger partial charge in [-0.15, -0.1) is 5.10 Å². The molecule has 484 valence electrons. The smallest absolute Gasteiger partial charge is 0.328 e. The minimum Gasteiger partial charge on any atom is -0.489 e. The molecule has 2 N–H and O–H groups in total. The molecule has 0 spiro atoms. The molecule has 0 unspecified atom stereocenters. The number of carbonyl (C=O) groups excluding carboxylic acids is 5. The Morgan fingerprint density at radius 3 is 1.58 bits per heavy atom. The topological polar surface area (TPSA) is 190 Å². The van der Waals surface area contributed by atoms with Crippen LogP contribution < -0.4 is 10.6 Å². The summed E-state index contributed by atoms with van der Waals surface area (Å²) in [6, 6.07) is 20.6. The van der Waals surface area contributed by atoms with Gasteiger partial charge in [-0.05, 0) is 111 Å². The van der Waals surface area contributed by atoms with Crippen LogP contribution in [0.15, 0.2) is 96.9 Å². The van der Waals surface area contributed by atoms with Gasteiger partial charge >= 0.3 is 5.97 Å². The fourth-order valence-electron chi connectivity index (χ4n) is 15.3. The van der Waals surface area contributed by atoms with Crippen molar-refractivity contribution in [1.29, 1.82) is 0 Å². The fraction of sp³-hybridized carbons (Fsp3) is 0.609. The van der Waals surface area contributed by atoms with Crippen molar-refractivity contribution in [2.24, 2.45) is 5.92 Å². The van der Waals surface area contributed by atoms with E-state index < -0.39 is 96.4 Å². The highest BCUT2D eigenvalue weighted by molar-refractivity contribution is 6.78. The molecule has 2 aliphatic rings. The molecule has 0 bridgehead atoms. The van der Waals surface area contributed by atoms with Gasteiger partial charge in [-0.3, -0.25) is 24.1 Å². The molecular formula is C69H106N6O10Si3. The van der Waals surface area contributed by atoms with Crippen molar-refractivity contribution >= 4 is 54.6 Å². The van der Waals surface area contributed by atoms with Crippen molar-refractivity contribution in [2.75, 3.05) is 13.7 Å². The number of methoxy groups -OCH3 is 1. The average molecular weight is 1260 g/mol. The van der Waals surface area contributed by atoms with Gasteiger partial charge in [-0.25, -0.2) is 9.48 Å². The lowest BCUT2D eigenvalue weighted by Crippen LogP contribution is -2.62. The van der Waals surface area contributed by atoms with Crippen molar-refractivity contribution < 1.29 is 46.7 Å². The van der Waals surface area contributed by atoms with E-state index in [0.29, 0.717) is 17.8 Å². The third-order valence-corrected chi connectivity index (χ3v) is 37.6. The van der Waals surface area contributed by atoms with E-state index in [1.165, 1.54) is 7.11 Å². The van der Waals surface area contributed by atoms with E-state index in [9.17, 15) is 9.59 Å². The van der Waals surface area contributed by atoms with Gasteiger partial charge in [0.15, 0.2) is 0 Å². The Hall–Kier alpha value is -5.58. The Morgan fingerprint density at radius 2 is 1.11 bits per heavy atom. The number of esters is 1. The SMILES string of the molecule is COC(=O)[C@@H](NC(=O)c1ccc([C@H](C2=C[C@@H](O[Si](C(C)C)(C(C)C)C(C)C)[C@H](O[Si](C(C)C)(C(C)C)C(C)C)[C@@H](CO[Si](C(C)C)(C(C)C)C(C)C)O2)[C@@H](C(=O)NC(C)(C)c2cn(Cc3ccccc3)nn2)N2C(=O)c3ccccc3C2=O)cc1)C(C)C. The molecule has 0 radical (unpaired) electrons. The number of ether oxygens (including phenoxy) is 2. The van der Waals surface area contributed by atoms with Gasteiger partial charge in [-0.2, -0.15) is 0 Å². The highest BCUT2D eigenvalue weighted by atomic mass is 28.4. The fourth-order valence-corrected chi connectivity index (χ4v) is 31.8. The monoisotopic (exact) mass is 1260 g/mol. The molecule has 88 heavy (non-hydrogen) atoms. The summed E-state index contributed by atoms with van der Waals surface area (Å²) in [6.07, 6.45) is 1.45. The summed E-state index contributed by atoms with van der Waals surface area (Å²) in [7, 11) is -7.06. The van der Waals surface area contributed by atoms with E-state index in [4.69, 9.17) is 22.8 Å². The van der Waals surface area contributed by atoms with Gasteiger partial charge in [0, 0.05) is 5.56 Å². The van der Waals surface area contributed by atoms with E-state index in [1.807, 2.05) is 64.1 Å². The summed E-state index contributed by atoms with van der Waals surface area (Å²) in [6.45, 7) is 48.6. The molecule has 3 aromatic carbocycles. The molecule has 0 saturated heterocycles. The lowest BCUT2D eigenvalue weighted by atomic mass is 9.84. The van der Waals surface area contributed by atoms with Crippen LogP contribution in [0.5, 0.6) is 0 Å². The number of carbonyl (C=O) groups is 5. The second-order valence-corrected chi connectivity index (χ2v) is 44.6. The van der Waals surface area contributed by atoms with Crippen LogP contribution in [0, 0.1) is 5.92 Å². The van der Waals surface area contributed by atoms with Crippen molar-refractivity contribution in [2.45, 2.75) is 251 Å². The molecule has 6 rings (SSSR count). The number of nitrogens with zero attached hydrogens (tertiary/aromatic N) is 4. The molecule has 16 nitrogen and oxygen atoms in total. The first-order chi connectivity index (χ1) is 41.1. The van der Waals surface area contributed by atoms with Gasteiger partial charge in [-0.1, -0.05) is 198 Å². The Balaban J connectivity index is 1.72. The molecule has 0 fully saturated rings. The molecule has 0 saturated carbocycles. The zero-order valence-corrected chi connectivity index (χ0v) is 60.2. The quantitative estimate of drug-likeness (QED) is 0.0298. The van der Waals surface area contributed by atoms with Crippen LogP contribution in [0.3, 0.4) is 0 Å². The molecule has 6 atom stereocenters. The van der Waals surface area contributed by atoms with E-state index in [1.54, 1.807) is 59.4 Å². The third kappa shape index (κ3) is 14.4. The number of aromatic nitrogens is 3. The largest absolute Gasteiger partial charge is 0.489 e. The van der Waals surface area contributed by atoms with Crippen molar-refractivity contribution in [1.82, 2.24) is 30.5 Å². The second-order valence-electron chi connectivity index (χ2n) is 28.3. The lowest BCUT2D eigenvalue weighted by Gasteiger charge is -2.52. The minimum atomic E-state index is -2.87. The molecule has 1 aromatic heterocycles. The van der Waals surface area contributed by atoms with Crippen LogP contribution in [-0.2, 0) is 44.4 Å². The van der Waals surface area contributed by atoms with Crippen LogP contribution in [0.25, 0.3) is 0 Å². The van der Waals surface area contributed by atoms with Crippen molar-refractivity contribution in [3.05, 3.63) is 130 Å². The number of imide groups is 1. The zero-order valence-electron chi connectivity index (χ0n) is 57.2. The summed E-state index contributed by atoms with van der Waals surface area (Å²) in [4.78, 5) is 75.5. The van der Waals surface area contributed by atoms with Gasteiger partial charge in [0.05, 0.1) is 55.1 Å². The lowest BCUT2D eigenvalue weighted by molar-refractivity contribution is -0.144. The number of hydrogen-bond acceptors (Lipinski definition) is 12. The highest BCUT2D eigenvalue weighted by Gasteiger charge is 2.57. The third-order valence-electron chi connectivity index (χ3n) is 19.3. The number of benzene rings is 3. The van der Waals surface area contributed by atoms with Gasteiger partial charge in [0.2, 0.25) is 30.9 Å². The van der Waals surface area contributed by atoms with Crippen LogP contribution in [0.4, 0.5) is 0 Å². The summed E-state index contributed by atoms with van der Waals surface area (Å²) in [5, 5.41) is 15.2. The maximum atomic E-state index is 16.4. The van der Waals surface area contributed by atoms with E-state index in [2.05, 4.69) is 146 Å². The standard InChI is InChI=1S/C69H106N6O10Si3/c1-41(2)61(68(80)81-23)70-64(76)53-35-33-52(34-36-53)60(62(75-66(78)54-31-27-28-32-55(54)67(75)79)65(77)71-69(21,22)59-39-74(73-72-59)38-51-29-25-24-26-30-51)56-37-57(84-87(45(9)10,46(11)12)47(13)14)63(85-88(48(15)16,49(17)18)50(19)20)58(83-56)40-82-86(42(3)4,43(5)6)44(7)8/h24-37,39,41-50,57-58,60-63H,38,40H2,1-23H3,(H,70,76)(H,71,77)/t57-,58-,60-,61+,62+,63+/m1/s1. The Bertz CT molecular complexity index is 2960. The second kappa shape index (κ2) is 29.1. The molecule has 4 amide bonds. The van der Waals surface area contributed by atoms with Gasteiger partial charge in [0.1, 0.15) is 35.7 Å². The Kier molecular flexibility index (Phi) is 23.7. The normalized spacial score (nSPS) is 18.1. The Morgan fingerprint density at radius 1 is 0.636 bits per heavy atom. The molecule has 19 heteroatoms. The molecule has 0 aliphatic carbocycles. The van der Waals surface area contributed by atoms with E-state index >= 15 is 14.4 Å². The van der Waals surface area contributed by atoms with Gasteiger partial charge < -0.3 is 33.4 Å². The average Bonchev–Trinajstić information content (AvgIpc) is 1.28. The van der Waals surface area contributed by atoms with Crippen LogP contribution in [0.1, 0.15) is 206 Å². The summed E-state index contributed by atoms with van der Waals surface area (Å²) < 4.78 is 38.5. The molecule has 2 aliphatic heterocycles. The van der Waals surface area contributed by atoms with E-state index in [0.717, 1.165) is 10.5 Å². The first-order valence-electron chi connectivity index (χ1n) is 32.3. The predicted molar refractivity (Wildman–Crippen MR) is 357 cm³/mol. The van der Waals surface area contributed by atoms with Gasteiger partial charge in [0.25, 0.3) is 17.7 Å². The minimum absolute atomic E-state index is 0.125. The number of rotatable bonds is 29. The van der Waals surface area contributed by atoms with Crippen molar-refractivity contribution in [3.8, 4) is 0 Å². The summed E-state index contributed by atoms with van der Waals surface area (Å²) >= 11 is 0. The first kappa shape index (κ1) is 71.5. The first-order valence-corrected chi connectivity index (χ1v) is 38.7. The maximum Gasteiger partial charge on any atom is 0.328 e. The maximum absolute atomic E-state index is 16.4. The highest BCUT2D eigenvalue weighted by Crippen LogP contribution is 2.51. The number of hydrogen-bond donors (Lipinski definition) is 2. The van der Waals surface area contributed by atoms with Crippen molar-refractivity contribution in [3.63, 3.8) is 0 Å². The number of nitrogens with one attached hydrogen (secondary N) is 2. The molecule has 4 aromatic rings. The van der Waals surface area contributed by atoms with Crippen LogP contribution in [-0.4, -0.2) is 119 Å².